The Balaban J connectivity index is 1.68. The van der Waals surface area contributed by atoms with Crippen LogP contribution in [0.1, 0.15) is 39.9 Å². The summed E-state index contributed by atoms with van der Waals surface area (Å²) in [5.41, 5.74) is -8.01. The number of carbonyl (C=O) groups is 1. The van der Waals surface area contributed by atoms with Crippen LogP contribution in [0.15, 0.2) is 76.5 Å². The molecule has 1 aliphatic heterocycles. The molecule has 6 nitrogen and oxygen atoms in total. The molecule has 1 amide bonds. The SMILES string of the molecule is CS(=O)(=O)c1ccc(C(=O)N2CC[C@@]3(S(=O)(=O)c4ccc(F)cc4)c4ccc(C(F)(C(F)(F)F)C(F)(F)F)cc4CC[C@@H]23)cc1. The first kappa shape index (κ1) is 32.9. The van der Waals surface area contributed by atoms with Gasteiger partial charge in [-0.05, 0) is 78.9 Å². The van der Waals surface area contributed by atoms with Gasteiger partial charge in [0.05, 0.1) is 15.8 Å². The van der Waals surface area contributed by atoms with Crippen LogP contribution in [0, 0.1) is 5.82 Å². The maximum atomic E-state index is 15.0. The molecule has 242 valence electrons. The van der Waals surface area contributed by atoms with E-state index in [0.29, 0.717) is 6.07 Å². The van der Waals surface area contributed by atoms with Gasteiger partial charge in [0.15, 0.2) is 19.7 Å². The topological polar surface area (TPSA) is 88.6 Å². The first-order valence-corrected chi connectivity index (χ1v) is 16.6. The number of aryl methyl sites for hydroxylation is 1. The normalized spacial score (nSPS) is 20.9. The molecule has 2 atom stereocenters. The Morgan fingerprint density at radius 1 is 0.822 bits per heavy atom. The van der Waals surface area contributed by atoms with Gasteiger partial charge in [-0.1, -0.05) is 18.2 Å². The predicted molar refractivity (Wildman–Crippen MR) is 144 cm³/mol. The Kier molecular flexibility index (Phi) is 7.67. The number of amides is 1. The lowest BCUT2D eigenvalue weighted by Crippen LogP contribution is -2.53. The van der Waals surface area contributed by atoms with Gasteiger partial charge in [-0.25, -0.2) is 25.6 Å². The standard InChI is InChI=1S/C29H23F8NO5S2/c1-44(40,41)21-8-2-17(3-9-21)25(39)38-15-14-26(45(42,43)22-10-6-20(30)7-11-22)23-12-5-19(16-18(23)4-13-24(26)38)27(31,28(32,33)34)29(35,36)37/h2-3,5-12,16,24H,4,13-15H2,1H3/t24-,26-/m1/s1. The number of hydrogen-bond donors (Lipinski definition) is 0. The van der Waals surface area contributed by atoms with Crippen LogP contribution in [0.25, 0.3) is 0 Å². The van der Waals surface area contributed by atoms with Crippen LogP contribution in [0.3, 0.4) is 0 Å². The molecule has 1 aliphatic carbocycles. The fourth-order valence-electron chi connectivity index (χ4n) is 6.31. The minimum atomic E-state index is -6.39. The van der Waals surface area contributed by atoms with E-state index >= 15 is 0 Å². The molecule has 1 fully saturated rings. The maximum Gasteiger partial charge on any atom is 0.435 e. The van der Waals surface area contributed by atoms with Crippen molar-refractivity contribution in [2.24, 2.45) is 0 Å². The van der Waals surface area contributed by atoms with Gasteiger partial charge in [-0.3, -0.25) is 4.79 Å². The lowest BCUT2D eigenvalue weighted by Gasteiger charge is -2.43. The molecule has 1 heterocycles. The fourth-order valence-corrected chi connectivity index (χ4v) is 9.31. The Morgan fingerprint density at radius 3 is 1.91 bits per heavy atom. The van der Waals surface area contributed by atoms with Crippen LogP contribution in [-0.4, -0.2) is 58.8 Å². The molecule has 5 rings (SSSR count). The fraction of sp³-hybridized carbons (Fsp3) is 0.345. The van der Waals surface area contributed by atoms with E-state index in [1.807, 2.05) is 0 Å². The molecule has 2 aliphatic rings. The van der Waals surface area contributed by atoms with E-state index in [0.717, 1.165) is 36.6 Å². The summed E-state index contributed by atoms with van der Waals surface area (Å²) in [5.74, 6) is -1.48. The Bertz CT molecular complexity index is 1860. The summed E-state index contributed by atoms with van der Waals surface area (Å²) in [6.45, 7) is -0.225. The minimum absolute atomic E-state index is 0.00362. The molecule has 3 aromatic carbocycles. The molecule has 0 N–H and O–H groups in total. The number of sulfone groups is 2. The third-order valence-electron chi connectivity index (χ3n) is 8.46. The maximum absolute atomic E-state index is 15.0. The highest BCUT2D eigenvalue weighted by Crippen LogP contribution is 2.56. The van der Waals surface area contributed by atoms with Crippen LogP contribution >= 0.6 is 0 Å². The zero-order chi connectivity index (χ0) is 33.4. The van der Waals surface area contributed by atoms with Gasteiger partial charge in [0.1, 0.15) is 10.6 Å². The Labute approximate surface area is 252 Å². The summed E-state index contributed by atoms with van der Waals surface area (Å²) in [7, 11) is -8.26. The molecule has 0 aromatic heterocycles. The van der Waals surface area contributed by atoms with Crippen molar-refractivity contribution in [3.05, 3.63) is 94.8 Å². The first-order valence-electron chi connectivity index (χ1n) is 13.2. The smallest absolute Gasteiger partial charge is 0.334 e. The largest absolute Gasteiger partial charge is 0.435 e. The third kappa shape index (κ3) is 5.00. The minimum Gasteiger partial charge on any atom is -0.334 e. The quantitative estimate of drug-likeness (QED) is 0.242. The number of alkyl halides is 7. The van der Waals surface area contributed by atoms with Crippen LogP contribution in [0.5, 0.6) is 0 Å². The van der Waals surface area contributed by atoms with Crippen molar-refractivity contribution in [3.8, 4) is 0 Å². The van der Waals surface area contributed by atoms with E-state index < -0.39 is 70.7 Å². The number of benzene rings is 3. The zero-order valence-electron chi connectivity index (χ0n) is 23.1. The average Bonchev–Trinajstić information content (AvgIpc) is 3.36. The van der Waals surface area contributed by atoms with Gasteiger partial charge in [0.2, 0.25) is 0 Å². The molecule has 0 radical (unpaired) electrons. The van der Waals surface area contributed by atoms with E-state index in [1.54, 1.807) is 0 Å². The summed E-state index contributed by atoms with van der Waals surface area (Å²) >= 11 is 0. The highest BCUT2D eigenvalue weighted by molar-refractivity contribution is 7.92. The van der Waals surface area contributed by atoms with E-state index in [9.17, 15) is 56.8 Å². The predicted octanol–water partition coefficient (Wildman–Crippen LogP) is 6.05. The second-order valence-corrected chi connectivity index (χ2v) is 15.2. The summed E-state index contributed by atoms with van der Waals surface area (Å²) in [5, 5.41) is 0. The second-order valence-electron chi connectivity index (χ2n) is 11.0. The number of hydrogen-bond acceptors (Lipinski definition) is 5. The number of nitrogens with zero attached hydrogens (tertiary/aromatic N) is 1. The van der Waals surface area contributed by atoms with Gasteiger partial charge in [0.25, 0.3) is 5.91 Å². The van der Waals surface area contributed by atoms with Gasteiger partial charge in [-0.2, -0.15) is 26.3 Å². The lowest BCUT2D eigenvalue weighted by atomic mass is 9.76. The third-order valence-corrected chi connectivity index (χ3v) is 12.1. The zero-order valence-corrected chi connectivity index (χ0v) is 24.7. The van der Waals surface area contributed by atoms with Gasteiger partial charge in [0, 0.05) is 23.9 Å². The number of rotatable bonds is 5. The van der Waals surface area contributed by atoms with Crippen molar-refractivity contribution in [1.82, 2.24) is 4.90 Å². The van der Waals surface area contributed by atoms with Crippen molar-refractivity contribution in [2.75, 3.05) is 12.8 Å². The van der Waals surface area contributed by atoms with Crippen LogP contribution in [0.2, 0.25) is 0 Å². The molecule has 16 heteroatoms. The highest BCUT2D eigenvalue weighted by Gasteiger charge is 2.73. The number of carbonyl (C=O) groups excluding carboxylic acids is 1. The Hall–Kier alpha value is -3.53. The van der Waals surface area contributed by atoms with Crippen molar-refractivity contribution in [1.29, 1.82) is 0 Å². The number of halogens is 8. The second kappa shape index (κ2) is 10.5. The molecule has 0 unspecified atom stereocenters. The highest BCUT2D eigenvalue weighted by atomic mass is 32.2. The van der Waals surface area contributed by atoms with Crippen molar-refractivity contribution in [2.45, 2.75) is 57.9 Å². The van der Waals surface area contributed by atoms with Crippen molar-refractivity contribution >= 4 is 25.6 Å². The summed E-state index contributed by atoms with van der Waals surface area (Å²) in [6.07, 6.45) is -12.7. The van der Waals surface area contributed by atoms with E-state index in [1.165, 1.54) is 29.2 Å². The molecule has 45 heavy (non-hydrogen) atoms. The van der Waals surface area contributed by atoms with E-state index in [4.69, 9.17) is 0 Å². The summed E-state index contributed by atoms with van der Waals surface area (Å²) in [4.78, 5) is 14.4. The van der Waals surface area contributed by atoms with Crippen molar-refractivity contribution in [3.63, 3.8) is 0 Å². The molecular weight excluding hydrogens is 658 g/mol. The number of fused-ring (bicyclic) bond motifs is 3. The Morgan fingerprint density at radius 2 is 1.38 bits per heavy atom. The van der Waals surface area contributed by atoms with Crippen LogP contribution in [-0.2, 0) is 36.5 Å². The van der Waals surface area contributed by atoms with Crippen LogP contribution in [0.4, 0.5) is 35.1 Å². The first-order chi connectivity index (χ1) is 20.7. The summed E-state index contributed by atoms with van der Waals surface area (Å²) in [6, 6.07) is 8.57. The number of likely N-dealkylation sites (tertiary alicyclic amines) is 1. The van der Waals surface area contributed by atoms with Gasteiger partial charge in [-0.15, -0.1) is 0 Å². The molecule has 3 aromatic rings. The average molecular weight is 682 g/mol. The molecule has 0 bridgehead atoms. The van der Waals surface area contributed by atoms with Crippen molar-refractivity contribution < 1.29 is 56.8 Å². The van der Waals surface area contributed by atoms with E-state index in [2.05, 4.69) is 0 Å². The summed E-state index contributed by atoms with van der Waals surface area (Å²) < 4.78 is 160. The van der Waals surface area contributed by atoms with Crippen LogP contribution < -0.4 is 0 Å². The molecular formula is C29H23F8NO5S2. The van der Waals surface area contributed by atoms with Gasteiger partial charge < -0.3 is 4.90 Å². The van der Waals surface area contributed by atoms with Gasteiger partial charge >= 0.3 is 18.0 Å². The molecule has 0 saturated carbocycles. The van der Waals surface area contributed by atoms with E-state index in [-0.39, 0.29) is 53.5 Å². The molecule has 0 spiro atoms. The lowest BCUT2D eigenvalue weighted by molar-refractivity contribution is -0.348. The monoisotopic (exact) mass is 681 g/mol. The molecule has 1 saturated heterocycles.